The van der Waals surface area contributed by atoms with Gasteiger partial charge in [0.1, 0.15) is 24.4 Å². The zero-order valence-corrected chi connectivity index (χ0v) is 22.9. The SMILES string of the molecule is Cc1cc2c(nc1C)CCCN2C[C@@H](C)O/N=C1/[C@H]2CCn3c(=O)n(-c4ccccc4)c(=O)n3[C@H]2C(O)[C@@H]2O[C@H]12. The molecule has 11 heteroatoms. The van der Waals surface area contributed by atoms with E-state index in [9.17, 15) is 14.7 Å². The van der Waals surface area contributed by atoms with Crippen molar-refractivity contribution in [2.75, 3.05) is 18.0 Å². The topological polar surface area (TPSA) is 119 Å². The molecule has 2 fully saturated rings. The number of aliphatic hydroxyl groups is 1. The Morgan fingerprint density at radius 3 is 2.77 bits per heavy atom. The molecule has 11 nitrogen and oxygen atoms in total. The number of anilines is 1. The molecule has 0 amide bonds. The van der Waals surface area contributed by atoms with Crippen molar-refractivity contribution in [3.63, 3.8) is 0 Å². The molecule has 210 valence electrons. The number of hydrogen-bond acceptors (Lipinski definition) is 8. The number of oxime groups is 1. The van der Waals surface area contributed by atoms with Crippen LogP contribution in [0.15, 0.2) is 51.1 Å². The third-order valence-electron chi connectivity index (χ3n) is 8.82. The summed E-state index contributed by atoms with van der Waals surface area (Å²) in [5.41, 5.74) is 4.86. The monoisotopic (exact) mass is 546 g/mol. The van der Waals surface area contributed by atoms with Crippen LogP contribution in [0.4, 0.5) is 5.69 Å². The maximum Gasteiger partial charge on any atom is 0.352 e. The first-order valence-electron chi connectivity index (χ1n) is 14.1. The summed E-state index contributed by atoms with van der Waals surface area (Å²) in [5.74, 6) is -0.278. The molecule has 0 bridgehead atoms. The van der Waals surface area contributed by atoms with E-state index < -0.39 is 29.6 Å². The molecule has 7 rings (SSSR count). The van der Waals surface area contributed by atoms with Crippen LogP contribution in [0.25, 0.3) is 5.69 Å². The fourth-order valence-electron chi connectivity index (χ4n) is 6.68. The van der Waals surface area contributed by atoms with Crippen molar-refractivity contribution in [3.8, 4) is 5.69 Å². The number of epoxide rings is 1. The second-order valence-corrected chi connectivity index (χ2v) is 11.4. The van der Waals surface area contributed by atoms with E-state index in [2.05, 4.69) is 23.0 Å². The normalized spacial score (nSPS) is 28.4. The van der Waals surface area contributed by atoms with Crippen LogP contribution in [0.3, 0.4) is 0 Å². The highest BCUT2D eigenvalue weighted by atomic mass is 16.6. The van der Waals surface area contributed by atoms with E-state index in [0.717, 1.165) is 36.5 Å². The number of para-hydroxylation sites is 1. The summed E-state index contributed by atoms with van der Waals surface area (Å²) in [6, 6.07) is 10.4. The predicted molar refractivity (Wildman–Crippen MR) is 148 cm³/mol. The Labute approximate surface area is 231 Å². The van der Waals surface area contributed by atoms with Gasteiger partial charge in [-0.3, -0.25) is 4.98 Å². The third-order valence-corrected chi connectivity index (χ3v) is 8.82. The Balaban J connectivity index is 1.15. The van der Waals surface area contributed by atoms with Crippen molar-refractivity contribution < 1.29 is 14.7 Å². The van der Waals surface area contributed by atoms with Crippen molar-refractivity contribution in [2.45, 2.75) is 77.0 Å². The molecule has 1 aliphatic carbocycles. The Hall–Kier alpha value is -3.70. The summed E-state index contributed by atoms with van der Waals surface area (Å²) in [6.45, 7) is 8.07. The maximum absolute atomic E-state index is 13.6. The van der Waals surface area contributed by atoms with E-state index in [4.69, 9.17) is 14.6 Å². The zero-order chi connectivity index (χ0) is 27.7. The quantitative estimate of drug-likeness (QED) is 0.382. The predicted octanol–water partition coefficient (Wildman–Crippen LogP) is 1.73. The number of aliphatic hydroxyl groups excluding tert-OH is 1. The van der Waals surface area contributed by atoms with Crippen LogP contribution in [0.1, 0.15) is 42.8 Å². The maximum atomic E-state index is 13.6. The lowest BCUT2D eigenvalue weighted by molar-refractivity contribution is 0.0300. The number of pyridine rings is 1. The van der Waals surface area contributed by atoms with Crippen LogP contribution in [-0.2, 0) is 22.5 Å². The van der Waals surface area contributed by atoms with E-state index >= 15 is 0 Å². The summed E-state index contributed by atoms with van der Waals surface area (Å²) in [4.78, 5) is 40.0. The van der Waals surface area contributed by atoms with E-state index in [0.29, 0.717) is 30.9 Å². The molecular weight excluding hydrogens is 512 g/mol. The number of fused-ring (bicyclic) bond motifs is 5. The van der Waals surface area contributed by atoms with Gasteiger partial charge in [0.25, 0.3) is 0 Å². The summed E-state index contributed by atoms with van der Waals surface area (Å²) < 4.78 is 9.85. The standard InChI is InChI=1S/C29H34N6O5/c1-16-14-22-21(30-18(16)3)10-7-12-32(22)15-17(2)40-31-23-20-11-13-33-28(37)34(19-8-5-4-6-9-19)29(38)35(33)24(20)25(36)27-26(23)39-27/h4-6,8-9,14,17,20,24-27,36H,7,10-13,15H2,1-3H3/b31-23-/t17-,20-,24-,25?,26-,27+/m1/s1. The van der Waals surface area contributed by atoms with Crippen molar-refractivity contribution in [1.82, 2.24) is 18.9 Å². The Bertz CT molecular complexity index is 1610. The lowest BCUT2D eigenvalue weighted by atomic mass is 9.78. The van der Waals surface area contributed by atoms with E-state index in [1.54, 1.807) is 24.3 Å². The van der Waals surface area contributed by atoms with Gasteiger partial charge in [0.05, 0.1) is 35.4 Å². The first-order chi connectivity index (χ1) is 19.3. The number of rotatable bonds is 5. The molecule has 1 saturated carbocycles. The van der Waals surface area contributed by atoms with Crippen LogP contribution in [0.2, 0.25) is 0 Å². The largest absolute Gasteiger partial charge is 0.391 e. The van der Waals surface area contributed by atoms with Crippen LogP contribution in [-0.4, -0.2) is 67.2 Å². The second kappa shape index (κ2) is 9.45. The van der Waals surface area contributed by atoms with Crippen molar-refractivity contribution in [1.29, 1.82) is 0 Å². The van der Waals surface area contributed by atoms with Gasteiger partial charge in [-0.2, -0.15) is 0 Å². The third kappa shape index (κ3) is 3.94. The first kappa shape index (κ1) is 25.3. The molecular formula is C29H34N6O5. The van der Waals surface area contributed by atoms with Crippen molar-refractivity contribution in [3.05, 3.63) is 74.3 Å². The number of nitrogens with zero attached hydrogens (tertiary/aromatic N) is 6. The Morgan fingerprint density at radius 1 is 1.18 bits per heavy atom. The molecule has 6 atom stereocenters. The molecule has 40 heavy (non-hydrogen) atoms. The Kier molecular flexibility index (Phi) is 5.97. The summed E-state index contributed by atoms with van der Waals surface area (Å²) in [7, 11) is 0. The summed E-state index contributed by atoms with van der Waals surface area (Å²) in [5, 5.41) is 15.8. The minimum atomic E-state index is -0.925. The van der Waals surface area contributed by atoms with Gasteiger partial charge in [0, 0.05) is 24.7 Å². The molecule has 3 aliphatic heterocycles. The average Bonchev–Trinajstić information content (AvgIpc) is 3.70. The van der Waals surface area contributed by atoms with Gasteiger partial charge in [-0.25, -0.2) is 23.5 Å². The van der Waals surface area contributed by atoms with E-state index in [1.165, 1.54) is 19.5 Å². The fourth-order valence-corrected chi connectivity index (χ4v) is 6.68. The molecule has 4 aliphatic rings. The highest BCUT2D eigenvalue weighted by Gasteiger charge is 2.61. The zero-order valence-electron chi connectivity index (χ0n) is 22.9. The average molecular weight is 547 g/mol. The lowest BCUT2D eigenvalue weighted by Crippen LogP contribution is -2.53. The van der Waals surface area contributed by atoms with Gasteiger partial charge >= 0.3 is 11.4 Å². The summed E-state index contributed by atoms with van der Waals surface area (Å²) >= 11 is 0. The molecule has 0 spiro atoms. The fraction of sp³-hybridized carbons (Fsp3) is 0.517. The molecule has 1 unspecified atom stereocenters. The van der Waals surface area contributed by atoms with E-state index in [1.807, 2.05) is 19.9 Å². The van der Waals surface area contributed by atoms with E-state index in [-0.39, 0.29) is 18.1 Å². The van der Waals surface area contributed by atoms with Crippen molar-refractivity contribution in [2.24, 2.45) is 11.1 Å². The van der Waals surface area contributed by atoms with Gasteiger partial charge in [-0.05, 0) is 63.8 Å². The van der Waals surface area contributed by atoms with Crippen LogP contribution < -0.4 is 16.3 Å². The van der Waals surface area contributed by atoms with Gasteiger partial charge in [0.15, 0.2) is 0 Å². The number of hydrogen-bond donors (Lipinski definition) is 1. The van der Waals surface area contributed by atoms with Crippen LogP contribution >= 0.6 is 0 Å². The van der Waals surface area contributed by atoms with Gasteiger partial charge in [-0.15, -0.1) is 0 Å². The second-order valence-electron chi connectivity index (χ2n) is 11.4. The molecule has 1 N–H and O–H groups in total. The highest BCUT2D eigenvalue weighted by Crippen LogP contribution is 2.46. The number of aryl methyl sites for hydroxylation is 3. The number of aromatic nitrogens is 4. The minimum Gasteiger partial charge on any atom is -0.391 e. The minimum absolute atomic E-state index is 0.203. The molecule has 1 saturated heterocycles. The number of benzene rings is 1. The highest BCUT2D eigenvalue weighted by molar-refractivity contribution is 5.94. The van der Waals surface area contributed by atoms with Crippen molar-refractivity contribution >= 4 is 11.4 Å². The number of ether oxygens (including phenoxy) is 1. The summed E-state index contributed by atoms with van der Waals surface area (Å²) in [6.07, 6.45) is 0.636. The first-order valence-corrected chi connectivity index (χ1v) is 14.1. The molecule has 3 aromatic rings. The van der Waals surface area contributed by atoms with Gasteiger partial charge in [0.2, 0.25) is 0 Å². The Morgan fingerprint density at radius 2 is 1.98 bits per heavy atom. The van der Waals surface area contributed by atoms with Crippen LogP contribution in [0, 0.1) is 19.8 Å². The van der Waals surface area contributed by atoms with Crippen LogP contribution in [0.5, 0.6) is 0 Å². The van der Waals surface area contributed by atoms with Gasteiger partial charge in [-0.1, -0.05) is 23.4 Å². The molecule has 2 aromatic heterocycles. The van der Waals surface area contributed by atoms with Gasteiger partial charge < -0.3 is 19.6 Å². The molecule has 1 aromatic carbocycles. The molecule has 0 radical (unpaired) electrons. The lowest BCUT2D eigenvalue weighted by Gasteiger charge is -2.38. The smallest absolute Gasteiger partial charge is 0.352 e. The molecule has 5 heterocycles.